The Kier molecular flexibility index (Phi) is 6.47. The van der Waals surface area contributed by atoms with Gasteiger partial charge in [0, 0.05) is 47.2 Å². The summed E-state index contributed by atoms with van der Waals surface area (Å²) in [5, 5.41) is 8.37. The van der Waals surface area contributed by atoms with Gasteiger partial charge in [-0.25, -0.2) is 4.39 Å². The number of nitrogens with one attached hydrogen (secondary N) is 1. The van der Waals surface area contributed by atoms with Gasteiger partial charge in [0.15, 0.2) is 11.4 Å². The van der Waals surface area contributed by atoms with Crippen LogP contribution in [0.25, 0.3) is 22.1 Å². The molecule has 0 unspecified atom stereocenters. The minimum absolute atomic E-state index is 0.00878. The van der Waals surface area contributed by atoms with Crippen molar-refractivity contribution in [1.82, 2.24) is 15.4 Å². The number of ketones is 1. The quantitative estimate of drug-likeness (QED) is 0.279. The predicted molar refractivity (Wildman–Crippen MR) is 151 cm³/mol. The van der Waals surface area contributed by atoms with Crippen LogP contribution in [0.15, 0.2) is 65.2 Å². The predicted octanol–water partition coefficient (Wildman–Crippen LogP) is 6.20. The summed E-state index contributed by atoms with van der Waals surface area (Å²) in [7, 11) is 0. The average molecular weight is 538 g/mol. The van der Waals surface area contributed by atoms with Crippen molar-refractivity contribution in [2.24, 2.45) is 11.8 Å². The lowest BCUT2D eigenvalue weighted by molar-refractivity contribution is 0.0938. The van der Waals surface area contributed by atoms with Gasteiger partial charge in [0.2, 0.25) is 0 Å². The molecule has 7 heteroatoms. The molecule has 7 rings (SSSR count). The van der Waals surface area contributed by atoms with E-state index < -0.39 is 0 Å². The molecule has 2 aliphatic carbocycles. The molecule has 40 heavy (non-hydrogen) atoms. The van der Waals surface area contributed by atoms with Crippen LogP contribution in [0.3, 0.4) is 0 Å². The van der Waals surface area contributed by atoms with Crippen LogP contribution in [0.2, 0.25) is 0 Å². The number of carbonyl (C=O) groups excluding carboxylic acids is 2. The van der Waals surface area contributed by atoms with Crippen molar-refractivity contribution >= 4 is 22.7 Å². The third-order valence-electron chi connectivity index (χ3n) is 9.26. The van der Waals surface area contributed by atoms with Crippen LogP contribution in [-0.2, 0) is 0 Å². The summed E-state index contributed by atoms with van der Waals surface area (Å²) in [6.45, 7) is 3.71. The molecule has 2 heterocycles. The second-order valence-corrected chi connectivity index (χ2v) is 11.6. The average Bonchev–Trinajstić information content (AvgIpc) is 3.68. The molecule has 4 aromatic rings. The van der Waals surface area contributed by atoms with Crippen LogP contribution in [-0.4, -0.2) is 47.9 Å². The second-order valence-electron chi connectivity index (χ2n) is 11.6. The monoisotopic (exact) mass is 537 g/mol. The molecule has 6 nitrogen and oxygen atoms in total. The van der Waals surface area contributed by atoms with Crippen LogP contribution in [0.5, 0.6) is 0 Å². The standard InChI is InChI=1S/C33H32FN3O3/c34-24-9-11-28-30(17-24)40-36-31(28)20-12-14-37(15-13-20)19-23-5-3-4-22(23)18-35-33(39)21-8-10-26-25-6-1-2-7-27(25)32(38)29(26)16-21/h1-2,6-11,16-17,20,22-23H,3-5,12-15,18-19H2,(H,35,39)/t22-,23-/m1/s1. The highest BCUT2D eigenvalue weighted by Crippen LogP contribution is 2.38. The van der Waals surface area contributed by atoms with E-state index in [4.69, 9.17) is 4.52 Å². The Labute approximate surface area is 232 Å². The molecule has 3 aromatic carbocycles. The minimum Gasteiger partial charge on any atom is -0.356 e. The summed E-state index contributed by atoms with van der Waals surface area (Å²) < 4.78 is 18.9. The van der Waals surface area contributed by atoms with Gasteiger partial charge in [-0.1, -0.05) is 41.9 Å². The van der Waals surface area contributed by atoms with Crippen molar-refractivity contribution in [3.05, 3.63) is 88.9 Å². The molecule has 2 atom stereocenters. The number of benzene rings is 3. The number of amides is 1. The molecule has 0 spiro atoms. The number of halogens is 1. The first-order valence-corrected chi connectivity index (χ1v) is 14.4. The summed E-state index contributed by atoms with van der Waals surface area (Å²) in [6, 6.07) is 17.7. The fourth-order valence-corrected chi connectivity index (χ4v) is 7.06. The molecule has 1 N–H and O–H groups in total. The lowest BCUT2D eigenvalue weighted by Crippen LogP contribution is -2.39. The molecule has 1 saturated carbocycles. The Hall–Kier alpha value is -3.84. The fraction of sp³-hybridized carbons (Fsp3) is 0.364. The molecule has 0 radical (unpaired) electrons. The van der Waals surface area contributed by atoms with E-state index in [0.29, 0.717) is 46.6 Å². The Morgan fingerprint density at radius 2 is 1.70 bits per heavy atom. The number of rotatable bonds is 6. The summed E-state index contributed by atoms with van der Waals surface area (Å²) in [5.74, 6) is 0.915. The molecule has 204 valence electrons. The molecule has 1 aromatic heterocycles. The first kappa shape index (κ1) is 25.1. The van der Waals surface area contributed by atoms with E-state index >= 15 is 0 Å². The Morgan fingerprint density at radius 3 is 2.55 bits per heavy atom. The van der Waals surface area contributed by atoms with E-state index in [9.17, 15) is 14.0 Å². The van der Waals surface area contributed by atoms with Gasteiger partial charge in [0.05, 0.1) is 5.69 Å². The smallest absolute Gasteiger partial charge is 0.251 e. The third-order valence-corrected chi connectivity index (χ3v) is 9.26. The number of fused-ring (bicyclic) bond motifs is 4. The van der Waals surface area contributed by atoms with E-state index in [1.807, 2.05) is 36.4 Å². The highest BCUT2D eigenvalue weighted by Gasteiger charge is 2.32. The Morgan fingerprint density at radius 1 is 0.925 bits per heavy atom. The molecule has 1 amide bonds. The number of hydrogen-bond acceptors (Lipinski definition) is 5. The molecule has 1 saturated heterocycles. The van der Waals surface area contributed by atoms with E-state index in [0.717, 1.165) is 61.1 Å². The molecular weight excluding hydrogens is 505 g/mol. The summed E-state index contributed by atoms with van der Waals surface area (Å²) in [4.78, 5) is 28.5. The topological polar surface area (TPSA) is 75.4 Å². The van der Waals surface area contributed by atoms with Crippen molar-refractivity contribution in [2.45, 2.75) is 38.0 Å². The maximum atomic E-state index is 13.5. The van der Waals surface area contributed by atoms with E-state index in [1.54, 1.807) is 12.1 Å². The maximum Gasteiger partial charge on any atom is 0.251 e. The Balaban J connectivity index is 0.937. The normalized spacial score (nSPS) is 21.1. The number of likely N-dealkylation sites (tertiary alicyclic amines) is 1. The zero-order valence-corrected chi connectivity index (χ0v) is 22.4. The highest BCUT2D eigenvalue weighted by atomic mass is 19.1. The zero-order valence-electron chi connectivity index (χ0n) is 22.4. The fourth-order valence-electron chi connectivity index (χ4n) is 7.06. The van der Waals surface area contributed by atoms with Gasteiger partial charge in [-0.05, 0) is 86.0 Å². The maximum absolute atomic E-state index is 13.5. The first-order valence-electron chi connectivity index (χ1n) is 14.4. The van der Waals surface area contributed by atoms with E-state index in [1.165, 1.54) is 25.0 Å². The van der Waals surface area contributed by atoms with Crippen LogP contribution < -0.4 is 5.32 Å². The molecule has 3 aliphatic rings. The number of carbonyl (C=O) groups is 2. The van der Waals surface area contributed by atoms with Crippen molar-refractivity contribution in [1.29, 1.82) is 0 Å². The number of piperidine rings is 1. The highest BCUT2D eigenvalue weighted by molar-refractivity contribution is 6.22. The third kappa shape index (κ3) is 4.52. The lowest BCUT2D eigenvalue weighted by atomic mass is 9.89. The second kappa shape index (κ2) is 10.3. The van der Waals surface area contributed by atoms with Crippen molar-refractivity contribution < 1.29 is 18.5 Å². The van der Waals surface area contributed by atoms with Gasteiger partial charge in [0.1, 0.15) is 5.82 Å². The van der Waals surface area contributed by atoms with Crippen LogP contribution in [0.1, 0.15) is 70.0 Å². The van der Waals surface area contributed by atoms with Crippen LogP contribution in [0, 0.1) is 17.7 Å². The van der Waals surface area contributed by atoms with E-state index in [2.05, 4.69) is 15.4 Å². The molecular formula is C33H32FN3O3. The van der Waals surface area contributed by atoms with Crippen molar-refractivity contribution in [2.75, 3.05) is 26.2 Å². The van der Waals surface area contributed by atoms with Crippen molar-refractivity contribution in [3.8, 4) is 11.1 Å². The summed E-state index contributed by atoms with van der Waals surface area (Å²) in [5.41, 5.74) is 5.18. The van der Waals surface area contributed by atoms with Gasteiger partial charge in [-0.15, -0.1) is 0 Å². The van der Waals surface area contributed by atoms with Gasteiger partial charge in [0.25, 0.3) is 5.91 Å². The summed E-state index contributed by atoms with van der Waals surface area (Å²) >= 11 is 0. The lowest BCUT2D eigenvalue weighted by Gasteiger charge is -2.34. The van der Waals surface area contributed by atoms with Gasteiger partial charge in [-0.3, -0.25) is 9.59 Å². The van der Waals surface area contributed by atoms with Gasteiger partial charge >= 0.3 is 0 Å². The van der Waals surface area contributed by atoms with Gasteiger partial charge < -0.3 is 14.7 Å². The largest absolute Gasteiger partial charge is 0.356 e. The Bertz CT molecular complexity index is 1600. The van der Waals surface area contributed by atoms with Crippen LogP contribution >= 0.6 is 0 Å². The minimum atomic E-state index is -0.305. The van der Waals surface area contributed by atoms with Gasteiger partial charge in [-0.2, -0.15) is 0 Å². The number of nitrogens with zero attached hydrogens (tertiary/aromatic N) is 2. The number of aromatic nitrogens is 1. The SMILES string of the molecule is O=C(NC[C@H]1CCC[C@@H]1CN1CCC(c2noc3cc(F)ccc23)CC1)c1ccc2c(c1)C(=O)c1ccccc1-2. The first-order chi connectivity index (χ1) is 19.5. The van der Waals surface area contributed by atoms with E-state index in [-0.39, 0.29) is 17.5 Å². The van der Waals surface area contributed by atoms with Crippen LogP contribution in [0.4, 0.5) is 4.39 Å². The molecule has 1 aliphatic heterocycles. The summed E-state index contributed by atoms with van der Waals surface area (Å²) in [6.07, 6.45) is 5.52. The molecule has 0 bridgehead atoms. The molecule has 2 fully saturated rings. The zero-order chi connectivity index (χ0) is 27.2. The van der Waals surface area contributed by atoms with Crippen molar-refractivity contribution in [3.63, 3.8) is 0 Å². The number of hydrogen-bond donors (Lipinski definition) is 1.